The normalized spacial score (nSPS) is 12.8. The summed E-state index contributed by atoms with van der Waals surface area (Å²) in [7, 11) is 0. The van der Waals surface area contributed by atoms with E-state index in [0.29, 0.717) is 0 Å². The third kappa shape index (κ3) is 3.98. The summed E-state index contributed by atoms with van der Waals surface area (Å²) in [6.45, 7) is 0. The summed E-state index contributed by atoms with van der Waals surface area (Å²) >= 11 is 0.902. The molecule has 0 aliphatic rings. The van der Waals surface area contributed by atoms with E-state index in [1.54, 1.807) is 0 Å². The van der Waals surface area contributed by atoms with Crippen molar-refractivity contribution in [2.45, 2.75) is 12.2 Å². The molecular weight excluding hydrogens is 257 g/mol. The maximum atomic E-state index is 11.9. The first-order valence-electron chi connectivity index (χ1n) is 3.30. The molecule has 0 bridgehead atoms. The minimum Gasteiger partial charge on any atom is -0.312 e. The van der Waals surface area contributed by atoms with Gasteiger partial charge in [0, 0.05) is 0 Å². The molecule has 0 aromatic carbocycles. The van der Waals surface area contributed by atoms with E-state index in [-0.39, 0.29) is 17.5 Å². The summed E-state index contributed by atoms with van der Waals surface area (Å²) < 4.78 is 35.7. The molecule has 0 aliphatic carbocycles. The Morgan fingerprint density at radius 1 is 1.60 bits per heavy atom. The minimum atomic E-state index is -4.76. The zero-order chi connectivity index (χ0) is 10.8. The van der Waals surface area contributed by atoms with E-state index in [9.17, 15) is 18.0 Å². The highest BCUT2D eigenvalue weighted by molar-refractivity contribution is 7.13. The fourth-order valence-electron chi connectivity index (χ4n) is 0.559. The van der Waals surface area contributed by atoms with Crippen LogP contribution >= 0.6 is 23.7 Å². The molecule has 5 nitrogen and oxygen atoms in total. The van der Waals surface area contributed by atoms with Gasteiger partial charge in [-0.3, -0.25) is 10.1 Å². The number of amides is 1. The second kappa shape index (κ2) is 5.24. The Balaban J connectivity index is 0.00000196. The average molecular weight is 263 g/mol. The molecule has 1 aromatic heterocycles. The maximum absolute atomic E-state index is 11.9. The van der Waals surface area contributed by atoms with E-state index in [4.69, 9.17) is 0 Å². The number of alkyl halides is 3. The zero-order valence-corrected chi connectivity index (χ0v) is 8.62. The zero-order valence-electron chi connectivity index (χ0n) is 6.99. The van der Waals surface area contributed by atoms with Gasteiger partial charge < -0.3 is 5.73 Å². The second-order valence-electron chi connectivity index (χ2n) is 2.25. The lowest BCUT2D eigenvalue weighted by Gasteiger charge is -2.13. The molecular formula is C5H6ClF3N4OS. The standard InChI is InChI=1S/C5H5F3N4OS.ClH/c6-5(7,8)2(9)3(13)11-4-12-10-1-14-4;/h1-2H,9H2,(H,11,12,13);1H. The molecule has 0 aliphatic heterocycles. The van der Waals surface area contributed by atoms with Crippen molar-refractivity contribution in [3.63, 3.8) is 0 Å². The van der Waals surface area contributed by atoms with Crippen molar-refractivity contribution in [2.24, 2.45) is 5.73 Å². The smallest absolute Gasteiger partial charge is 0.312 e. The number of nitrogens with one attached hydrogen (secondary N) is 1. The van der Waals surface area contributed by atoms with Crippen LogP contribution in [0.4, 0.5) is 18.3 Å². The van der Waals surface area contributed by atoms with E-state index in [2.05, 4.69) is 15.9 Å². The van der Waals surface area contributed by atoms with Gasteiger partial charge in [-0.1, -0.05) is 11.3 Å². The van der Waals surface area contributed by atoms with Gasteiger partial charge in [0.15, 0.2) is 6.04 Å². The Morgan fingerprint density at radius 3 is 2.60 bits per heavy atom. The van der Waals surface area contributed by atoms with Crippen LogP contribution in [0.1, 0.15) is 0 Å². The van der Waals surface area contributed by atoms with Crippen LogP contribution in [0, 0.1) is 0 Å². The Labute approximate surface area is 92.3 Å². The van der Waals surface area contributed by atoms with Crippen LogP contribution in [0.15, 0.2) is 5.51 Å². The summed E-state index contributed by atoms with van der Waals surface area (Å²) in [5, 5.41) is 8.53. The van der Waals surface area contributed by atoms with Crippen molar-refractivity contribution in [3.05, 3.63) is 5.51 Å². The minimum absolute atomic E-state index is 0. The topological polar surface area (TPSA) is 80.9 Å². The van der Waals surface area contributed by atoms with Crippen molar-refractivity contribution in [2.75, 3.05) is 5.32 Å². The lowest BCUT2D eigenvalue weighted by molar-refractivity contribution is -0.159. The molecule has 0 saturated heterocycles. The molecule has 1 rings (SSSR count). The lowest BCUT2D eigenvalue weighted by atomic mass is 10.3. The molecule has 15 heavy (non-hydrogen) atoms. The largest absolute Gasteiger partial charge is 0.412 e. The highest BCUT2D eigenvalue weighted by Gasteiger charge is 2.42. The number of nitrogens with zero attached hydrogens (tertiary/aromatic N) is 2. The van der Waals surface area contributed by atoms with Crippen LogP contribution in [0.25, 0.3) is 0 Å². The molecule has 1 heterocycles. The number of carbonyl (C=O) groups is 1. The monoisotopic (exact) mass is 262 g/mol. The van der Waals surface area contributed by atoms with Gasteiger partial charge in [-0.15, -0.1) is 22.6 Å². The Morgan fingerprint density at radius 2 is 2.20 bits per heavy atom. The van der Waals surface area contributed by atoms with Gasteiger partial charge >= 0.3 is 6.18 Å². The van der Waals surface area contributed by atoms with E-state index in [0.717, 1.165) is 11.3 Å². The van der Waals surface area contributed by atoms with E-state index < -0.39 is 18.1 Å². The van der Waals surface area contributed by atoms with Gasteiger partial charge in [0.1, 0.15) is 5.51 Å². The third-order valence-electron chi connectivity index (χ3n) is 1.23. The summed E-state index contributed by atoms with van der Waals surface area (Å²) in [6.07, 6.45) is -4.76. The Bertz CT molecular complexity index is 317. The van der Waals surface area contributed by atoms with Crippen LogP contribution < -0.4 is 11.1 Å². The first-order valence-corrected chi connectivity index (χ1v) is 4.18. The molecule has 3 N–H and O–H groups in total. The van der Waals surface area contributed by atoms with E-state index >= 15 is 0 Å². The molecule has 1 aromatic rings. The number of carbonyl (C=O) groups excluding carboxylic acids is 1. The molecule has 1 atom stereocenters. The van der Waals surface area contributed by atoms with Gasteiger partial charge in [-0.05, 0) is 0 Å². The van der Waals surface area contributed by atoms with E-state index in [1.807, 2.05) is 5.32 Å². The Hall–Kier alpha value is -0.930. The highest BCUT2D eigenvalue weighted by Crippen LogP contribution is 2.19. The first kappa shape index (κ1) is 14.1. The summed E-state index contributed by atoms with van der Waals surface area (Å²) in [6, 6.07) is -2.55. The van der Waals surface area contributed by atoms with Gasteiger partial charge in [-0.2, -0.15) is 13.2 Å². The number of anilines is 1. The lowest BCUT2D eigenvalue weighted by Crippen LogP contribution is -2.47. The number of aromatic nitrogens is 2. The summed E-state index contributed by atoms with van der Waals surface area (Å²) in [4.78, 5) is 10.8. The van der Waals surface area contributed by atoms with Crippen molar-refractivity contribution in [1.29, 1.82) is 0 Å². The molecule has 0 saturated carbocycles. The van der Waals surface area contributed by atoms with Gasteiger partial charge in [-0.25, -0.2) is 0 Å². The fourth-order valence-corrected chi connectivity index (χ4v) is 1.01. The number of hydrogen-bond acceptors (Lipinski definition) is 5. The SMILES string of the molecule is Cl.NC(C(=O)Nc1nncs1)C(F)(F)F. The predicted molar refractivity (Wildman–Crippen MR) is 49.8 cm³/mol. The number of halogens is 4. The highest BCUT2D eigenvalue weighted by atomic mass is 35.5. The molecule has 10 heteroatoms. The molecule has 1 unspecified atom stereocenters. The van der Waals surface area contributed by atoms with Crippen LogP contribution in [0.3, 0.4) is 0 Å². The van der Waals surface area contributed by atoms with Crippen molar-refractivity contribution >= 4 is 34.8 Å². The fraction of sp³-hybridized carbons (Fsp3) is 0.400. The first-order chi connectivity index (χ1) is 6.41. The van der Waals surface area contributed by atoms with Crippen LogP contribution in [0.5, 0.6) is 0 Å². The molecule has 1 amide bonds. The van der Waals surface area contributed by atoms with Crippen LogP contribution in [-0.2, 0) is 4.79 Å². The third-order valence-corrected chi connectivity index (χ3v) is 1.83. The van der Waals surface area contributed by atoms with Gasteiger partial charge in [0.05, 0.1) is 0 Å². The number of rotatable bonds is 2. The maximum Gasteiger partial charge on any atom is 0.412 e. The van der Waals surface area contributed by atoms with Crippen molar-refractivity contribution in [3.8, 4) is 0 Å². The quantitative estimate of drug-likeness (QED) is 0.826. The second-order valence-corrected chi connectivity index (χ2v) is 3.09. The van der Waals surface area contributed by atoms with E-state index in [1.165, 1.54) is 5.51 Å². The molecule has 0 spiro atoms. The van der Waals surface area contributed by atoms with Crippen LogP contribution in [-0.4, -0.2) is 28.3 Å². The Kier molecular flexibility index (Phi) is 4.91. The number of hydrogen-bond donors (Lipinski definition) is 2. The predicted octanol–water partition coefficient (Wildman–Crippen LogP) is 0.788. The molecule has 0 radical (unpaired) electrons. The number of nitrogens with two attached hydrogens (primary N) is 1. The summed E-state index contributed by atoms with van der Waals surface area (Å²) in [5.74, 6) is -1.35. The van der Waals surface area contributed by atoms with Crippen molar-refractivity contribution < 1.29 is 18.0 Å². The van der Waals surface area contributed by atoms with Crippen molar-refractivity contribution in [1.82, 2.24) is 10.2 Å². The van der Waals surface area contributed by atoms with Crippen LogP contribution in [0.2, 0.25) is 0 Å². The average Bonchev–Trinajstić information content (AvgIpc) is 2.53. The summed E-state index contributed by atoms with van der Waals surface area (Å²) in [5.41, 5.74) is 5.90. The van der Waals surface area contributed by atoms with Gasteiger partial charge in [0.25, 0.3) is 5.91 Å². The molecule has 86 valence electrons. The van der Waals surface area contributed by atoms with Gasteiger partial charge in [0.2, 0.25) is 5.13 Å². The molecule has 0 fully saturated rings.